The van der Waals surface area contributed by atoms with Gasteiger partial charge in [0.15, 0.2) is 0 Å². The average molecular weight is 367 g/mol. The summed E-state index contributed by atoms with van der Waals surface area (Å²) in [7, 11) is 0. The van der Waals surface area contributed by atoms with Crippen LogP contribution in [0.25, 0.3) is 0 Å². The first-order chi connectivity index (χ1) is 10.2. The zero-order chi connectivity index (χ0) is 15.1. The number of ether oxygens (including phenoxy) is 1. The van der Waals surface area contributed by atoms with Crippen LogP contribution < -0.4 is 10.1 Å². The largest absolute Gasteiger partial charge is 0.491 e. The van der Waals surface area contributed by atoms with Gasteiger partial charge < -0.3 is 15.2 Å². The molecule has 110 valence electrons. The summed E-state index contributed by atoms with van der Waals surface area (Å²) in [6, 6.07) is 12.9. The fraction of sp³-hybridized carbons (Fsp3) is 0.267. The minimum absolute atomic E-state index is 0.215. The molecule has 0 aliphatic rings. The van der Waals surface area contributed by atoms with Crippen molar-refractivity contribution in [1.82, 2.24) is 5.32 Å². The predicted octanol–water partition coefficient (Wildman–Crippen LogP) is 2.91. The number of hydrogen-bond donors (Lipinski definition) is 2. The van der Waals surface area contributed by atoms with Crippen molar-refractivity contribution in [2.24, 2.45) is 0 Å². The highest BCUT2D eigenvalue weighted by atomic mass is 79.9. The van der Waals surface area contributed by atoms with Gasteiger partial charge in [0.25, 0.3) is 0 Å². The molecule has 2 N–H and O–H groups in total. The molecule has 0 fully saturated rings. The molecule has 0 saturated heterocycles. The van der Waals surface area contributed by atoms with Gasteiger partial charge in [0.2, 0.25) is 0 Å². The monoisotopic (exact) mass is 366 g/mol. The number of hydrogen-bond acceptors (Lipinski definition) is 5. The average Bonchev–Trinajstić information content (AvgIpc) is 2.91. The number of nitrogens with one attached hydrogen (secondary N) is 1. The first-order valence-corrected chi connectivity index (χ1v) is 8.04. The molecule has 1 atom stereocenters. The highest BCUT2D eigenvalue weighted by molar-refractivity contribution is 9.11. The Morgan fingerprint density at radius 3 is 2.67 bits per heavy atom. The first kappa shape index (κ1) is 16.0. The summed E-state index contributed by atoms with van der Waals surface area (Å²) < 4.78 is 6.57. The van der Waals surface area contributed by atoms with Crippen LogP contribution in [0.1, 0.15) is 10.4 Å². The Morgan fingerprint density at radius 2 is 2.05 bits per heavy atom. The maximum atomic E-state index is 9.85. The molecule has 0 radical (unpaired) electrons. The van der Waals surface area contributed by atoms with Crippen molar-refractivity contribution < 1.29 is 9.84 Å². The molecule has 0 spiro atoms. The molecule has 6 heteroatoms. The molecule has 1 unspecified atom stereocenters. The second-order valence-electron chi connectivity index (χ2n) is 4.44. The quantitative estimate of drug-likeness (QED) is 0.790. The molecule has 0 aliphatic carbocycles. The Balaban J connectivity index is 1.67. The van der Waals surface area contributed by atoms with E-state index in [1.165, 1.54) is 4.88 Å². The van der Waals surface area contributed by atoms with Gasteiger partial charge in [0.1, 0.15) is 18.5 Å². The molecule has 0 bridgehead atoms. The van der Waals surface area contributed by atoms with E-state index in [4.69, 9.17) is 10.00 Å². The maximum absolute atomic E-state index is 9.85. The van der Waals surface area contributed by atoms with Crippen LogP contribution in [-0.4, -0.2) is 24.4 Å². The van der Waals surface area contributed by atoms with E-state index >= 15 is 0 Å². The topological polar surface area (TPSA) is 65.3 Å². The number of thiophene rings is 1. The van der Waals surface area contributed by atoms with Crippen molar-refractivity contribution >= 4 is 27.3 Å². The van der Waals surface area contributed by atoms with E-state index < -0.39 is 6.10 Å². The minimum Gasteiger partial charge on any atom is -0.491 e. The van der Waals surface area contributed by atoms with Gasteiger partial charge in [-0.2, -0.15) is 5.26 Å². The lowest BCUT2D eigenvalue weighted by molar-refractivity contribution is 0.106. The third-order valence-electron chi connectivity index (χ3n) is 2.73. The Bertz CT molecular complexity index is 607. The Morgan fingerprint density at radius 1 is 1.29 bits per heavy atom. The van der Waals surface area contributed by atoms with Crippen molar-refractivity contribution in [3.05, 3.63) is 50.6 Å². The first-order valence-electron chi connectivity index (χ1n) is 6.43. The van der Waals surface area contributed by atoms with Crippen LogP contribution in [0.15, 0.2) is 40.2 Å². The van der Waals surface area contributed by atoms with Crippen molar-refractivity contribution in [1.29, 1.82) is 5.26 Å². The maximum Gasteiger partial charge on any atom is 0.119 e. The van der Waals surface area contributed by atoms with Gasteiger partial charge in [0.05, 0.1) is 15.4 Å². The van der Waals surface area contributed by atoms with Crippen LogP contribution in [-0.2, 0) is 6.54 Å². The summed E-state index contributed by atoms with van der Waals surface area (Å²) in [6.07, 6.45) is -0.580. The summed E-state index contributed by atoms with van der Waals surface area (Å²) in [4.78, 5) is 1.21. The van der Waals surface area contributed by atoms with Gasteiger partial charge >= 0.3 is 0 Å². The van der Waals surface area contributed by atoms with Crippen LogP contribution in [0.5, 0.6) is 5.75 Å². The van der Waals surface area contributed by atoms with E-state index in [0.29, 0.717) is 17.9 Å². The highest BCUT2D eigenvalue weighted by Crippen LogP contribution is 2.21. The Labute approximate surface area is 136 Å². The summed E-state index contributed by atoms with van der Waals surface area (Å²) in [5.41, 5.74) is 0.590. The lowest BCUT2D eigenvalue weighted by atomic mass is 10.2. The van der Waals surface area contributed by atoms with E-state index in [0.717, 1.165) is 10.3 Å². The summed E-state index contributed by atoms with van der Waals surface area (Å²) in [5.74, 6) is 0.648. The van der Waals surface area contributed by atoms with Crippen molar-refractivity contribution in [2.75, 3.05) is 13.2 Å². The number of aliphatic hydroxyl groups is 1. The van der Waals surface area contributed by atoms with Gasteiger partial charge in [-0.15, -0.1) is 11.3 Å². The Hall–Kier alpha value is -1.39. The molecule has 0 amide bonds. The van der Waals surface area contributed by atoms with Gasteiger partial charge in [-0.25, -0.2) is 0 Å². The normalized spacial score (nSPS) is 11.9. The predicted molar refractivity (Wildman–Crippen MR) is 86.4 cm³/mol. The van der Waals surface area contributed by atoms with Crippen LogP contribution in [0.2, 0.25) is 0 Å². The lowest BCUT2D eigenvalue weighted by Gasteiger charge is -2.13. The minimum atomic E-state index is -0.580. The van der Waals surface area contributed by atoms with E-state index in [-0.39, 0.29) is 6.61 Å². The molecule has 0 aliphatic heterocycles. The summed E-state index contributed by atoms with van der Waals surface area (Å²) in [5, 5.41) is 21.7. The second-order valence-corrected chi connectivity index (χ2v) is 6.99. The van der Waals surface area contributed by atoms with E-state index in [1.54, 1.807) is 35.6 Å². The van der Waals surface area contributed by atoms with Crippen LogP contribution >= 0.6 is 27.3 Å². The van der Waals surface area contributed by atoms with Crippen molar-refractivity contribution in [3.63, 3.8) is 0 Å². The number of nitriles is 1. The standard InChI is InChI=1S/C15H15BrN2O2S/c16-15-6-5-14(21-15)9-18-8-12(19)10-20-13-3-1-11(7-17)2-4-13/h1-6,12,18-19H,8-10H2. The number of halogens is 1. The molecule has 0 saturated carbocycles. The summed E-state index contributed by atoms with van der Waals surface area (Å²) in [6.45, 7) is 1.41. The molecule has 2 rings (SSSR count). The molecule has 1 heterocycles. The van der Waals surface area contributed by atoms with Crippen LogP contribution in [0, 0.1) is 11.3 Å². The second kappa shape index (κ2) is 8.15. The van der Waals surface area contributed by atoms with Gasteiger partial charge in [-0.3, -0.25) is 0 Å². The smallest absolute Gasteiger partial charge is 0.119 e. The molecule has 2 aromatic rings. The molecule has 4 nitrogen and oxygen atoms in total. The fourth-order valence-electron chi connectivity index (χ4n) is 1.69. The zero-order valence-electron chi connectivity index (χ0n) is 11.3. The van der Waals surface area contributed by atoms with E-state index in [1.807, 2.05) is 18.2 Å². The third-order valence-corrected chi connectivity index (χ3v) is 4.36. The number of nitrogens with zero attached hydrogens (tertiary/aromatic N) is 1. The molecular formula is C15H15BrN2O2S. The van der Waals surface area contributed by atoms with Crippen molar-refractivity contribution in [3.8, 4) is 11.8 Å². The number of benzene rings is 1. The lowest BCUT2D eigenvalue weighted by Crippen LogP contribution is -2.30. The van der Waals surface area contributed by atoms with Gasteiger partial charge in [-0.1, -0.05) is 0 Å². The SMILES string of the molecule is N#Cc1ccc(OCC(O)CNCc2ccc(Br)s2)cc1. The number of rotatable bonds is 7. The summed E-state index contributed by atoms with van der Waals surface area (Å²) >= 11 is 5.08. The Kier molecular flexibility index (Phi) is 6.21. The van der Waals surface area contributed by atoms with E-state index in [2.05, 4.69) is 21.2 Å². The van der Waals surface area contributed by atoms with E-state index in [9.17, 15) is 5.11 Å². The van der Waals surface area contributed by atoms with Gasteiger partial charge in [-0.05, 0) is 52.3 Å². The highest BCUT2D eigenvalue weighted by Gasteiger charge is 2.06. The molecule has 1 aromatic carbocycles. The fourth-order valence-corrected chi connectivity index (χ4v) is 3.14. The molecule has 21 heavy (non-hydrogen) atoms. The van der Waals surface area contributed by atoms with Crippen LogP contribution in [0.3, 0.4) is 0 Å². The zero-order valence-corrected chi connectivity index (χ0v) is 13.7. The van der Waals surface area contributed by atoms with Crippen molar-refractivity contribution in [2.45, 2.75) is 12.6 Å². The molecule has 1 aromatic heterocycles. The van der Waals surface area contributed by atoms with Gasteiger partial charge in [0, 0.05) is 18.0 Å². The number of aliphatic hydroxyl groups excluding tert-OH is 1. The molecular weight excluding hydrogens is 352 g/mol. The third kappa shape index (κ3) is 5.48. The van der Waals surface area contributed by atoms with Crippen LogP contribution in [0.4, 0.5) is 0 Å².